The summed E-state index contributed by atoms with van der Waals surface area (Å²) in [4.78, 5) is 0.377. The van der Waals surface area contributed by atoms with Crippen LogP contribution in [0.2, 0.25) is 0 Å². The predicted molar refractivity (Wildman–Crippen MR) is 82.7 cm³/mol. The fraction of sp³-hybridized carbons (Fsp3) is 0.375. The lowest BCUT2D eigenvalue weighted by Gasteiger charge is -2.34. The molecule has 1 saturated heterocycles. The third-order valence-electron chi connectivity index (χ3n) is 3.75. The van der Waals surface area contributed by atoms with E-state index in [-0.39, 0.29) is 12.2 Å². The molecule has 1 heterocycles. The number of morpholine rings is 1. The number of ether oxygens (including phenoxy) is 1. The van der Waals surface area contributed by atoms with Crippen LogP contribution in [0.5, 0.6) is 0 Å². The summed E-state index contributed by atoms with van der Waals surface area (Å²) < 4.78 is 33.1. The minimum Gasteiger partial charge on any atom is -0.373 e. The van der Waals surface area contributed by atoms with Crippen LogP contribution in [0.4, 0.5) is 0 Å². The van der Waals surface area contributed by atoms with Gasteiger partial charge in [0.25, 0.3) is 0 Å². The van der Waals surface area contributed by atoms with Crippen molar-refractivity contribution in [2.45, 2.75) is 31.0 Å². The van der Waals surface area contributed by atoms with E-state index in [1.54, 1.807) is 12.1 Å². The molecule has 2 aromatic carbocycles. The maximum absolute atomic E-state index is 13.0. The smallest absolute Gasteiger partial charge is 0.243 e. The Hall–Kier alpha value is -1.43. The van der Waals surface area contributed by atoms with E-state index in [1.807, 2.05) is 44.2 Å². The van der Waals surface area contributed by atoms with Gasteiger partial charge in [0.1, 0.15) is 0 Å². The quantitative estimate of drug-likeness (QED) is 0.857. The van der Waals surface area contributed by atoms with Crippen molar-refractivity contribution < 1.29 is 13.2 Å². The second kappa shape index (κ2) is 5.40. The maximum atomic E-state index is 13.0. The molecule has 112 valence electrons. The molecule has 3 rings (SSSR count). The summed E-state index contributed by atoms with van der Waals surface area (Å²) in [6, 6.07) is 13.0. The first-order chi connectivity index (χ1) is 9.98. The van der Waals surface area contributed by atoms with Crippen molar-refractivity contribution in [3.05, 3.63) is 42.5 Å². The molecular weight excluding hydrogens is 286 g/mol. The maximum Gasteiger partial charge on any atom is 0.243 e. The Bertz CT molecular complexity index is 742. The van der Waals surface area contributed by atoms with Crippen LogP contribution in [-0.2, 0) is 14.8 Å². The topological polar surface area (TPSA) is 46.6 Å². The first-order valence-corrected chi connectivity index (χ1v) is 8.56. The van der Waals surface area contributed by atoms with Gasteiger partial charge in [-0.25, -0.2) is 8.42 Å². The monoisotopic (exact) mass is 305 g/mol. The van der Waals surface area contributed by atoms with Gasteiger partial charge in [0.2, 0.25) is 10.0 Å². The molecule has 2 atom stereocenters. The average Bonchev–Trinajstić information content (AvgIpc) is 2.45. The molecule has 4 nitrogen and oxygen atoms in total. The van der Waals surface area contributed by atoms with Crippen molar-refractivity contribution in [2.24, 2.45) is 0 Å². The zero-order valence-corrected chi connectivity index (χ0v) is 13.0. The Morgan fingerprint density at radius 1 is 1.00 bits per heavy atom. The van der Waals surface area contributed by atoms with Gasteiger partial charge in [-0.2, -0.15) is 4.31 Å². The summed E-state index contributed by atoms with van der Waals surface area (Å²) in [5.74, 6) is 0. The van der Waals surface area contributed by atoms with Crippen molar-refractivity contribution in [3.63, 3.8) is 0 Å². The number of hydrogen-bond acceptors (Lipinski definition) is 3. The highest BCUT2D eigenvalue weighted by Gasteiger charge is 2.32. The van der Waals surface area contributed by atoms with E-state index >= 15 is 0 Å². The van der Waals surface area contributed by atoms with Crippen molar-refractivity contribution >= 4 is 20.8 Å². The van der Waals surface area contributed by atoms with Gasteiger partial charge in [-0.3, -0.25) is 0 Å². The second-order valence-electron chi connectivity index (χ2n) is 5.56. The van der Waals surface area contributed by atoms with Gasteiger partial charge in [-0.1, -0.05) is 36.4 Å². The van der Waals surface area contributed by atoms with Crippen LogP contribution < -0.4 is 0 Å². The van der Waals surface area contributed by atoms with Crippen molar-refractivity contribution in [2.75, 3.05) is 13.1 Å². The molecule has 1 fully saturated rings. The van der Waals surface area contributed by atoms with Crippen LogP contribution in [-0.4, -0.2) is 38.0 Å². The molecule has 0 N–H and O–H groups in total. The summed E-state index contributed by atoms with van der Waals surface area (Å²) in [5.41, 5.74) is 0. The largest absolute Gasteiger partial charge is 0.373 e. The van der Waals surface area contributed by atoms with Crippen LogP contribution in [0.15, 0.2) is 47.4 Å². The number of fused-ring (bicyclic) bond motifs is 1. The van der Waals surface area contributed by atoms with Crippen LogP contribution in [0, 0.1) is 0 Å². The van der Waals surface area contributed by atoms with E-state index in [0.717, 1.165) is 10.8 Å². The van der Waals surface area contributed by atoms with Crippen LogP contribution in [0.25, 0.3) is 10.8 Å². The molecule has 1 aliphatic rings. The standard InChI is InChI=1S/C16H19NO3S/c1-12-10-17(11-13(2)20-12)21(18,19)16-9-5-7-14-6-3-4-8-15(14)16/h3-9,12-13H,10-11H2,1-2H3/t12-,13+. The Labute approximate surface area is 125 Å². The zero-order valence-electron chi connectivity index (χ0n) is 12.2. The molecule has 0 aliphatic carbocycles. The SMILES string of the molecule is C[C@@H]1CN(S(=O)(=O)c2cccc3ccccc23)C[C@H](C)O1. The molecule has 0 radical (unpaired) electrons. The molecule has 0 aromatic heterocycles. The Morgan fingerprint density at radius 2 is 1.62 bits per heavy atom. The van der Waals surface area contributed by atoms with Crippen molar-refractivity contribution in [1.82, 2.24) is 4.31 Å². The van der Waals surface area contributed by atoms with Crippen LogP contribution in [0.3, 0.4) is 0 Å². The third kappa shape index (κ3) is 2.69. The summed E-state index contributed by atoms with van der Waals surface area (Å²) in [7, 11) is -3.50. The van der Waals surface area contributed by atoms with E-state index in [9.17, 15) is 8.42 Å². The van der Waals surface area contributed by atoms with Gasteiger partial charge in [0.15, 0.2) is 0 Å². The molecule has 0 unspecified atom stereocenters. The van der Waals surface area contributed by atoms with E-state index in [2.05, 4.69) is 0 Å². The van der Waals surface area contributed by atoms with Gasteiger partial charge in [0, 0.05) is 18.5 Å². The van der Waals surface area contributed by atoms with Gasteiger partial charge in [0.05, 0.1) is 17.1 Å². The van der Waals surface area contributed by atoms with Crippen LogP contribution >= 0.6 is 0 Å². The van der Waals surface area contributed by atoms with Gasteiger partial charge in [-0.05, 0) is 25.3 Å². The second-order valence-corrected chi connectivity index (χ2v) is 7.46. The fourth-order valence-electron chi connectivity index (χ4n) is 2.89. The van der Waals surface area contributed by atoms with Crippen molar-refractivity contribution in [1.29, 1.82) is 0 Å². The van der Waals surface area contributed by atoms with E-state index in [1.165, 1.54) is 4.31 Å². The molecule has 5 heteroatoms. The lowest BCUT2D eigenvalue weighted by atomic mass is 10.1. The lowest BCUT2D eigenvalue weighted by Crippen LogP contribution is -2.48. The normalized spacial score (nSPS) is 24.3. The Kier molecular flexibility index (Phi) is 3.73. The van der Waals surface area contributed by atoms with Gasteiger partial charge >= 0.3 is 0 Å². The van der Waals surface area contributed by atoms with Gasteiger partial charge < -0.3 is 4.74 Å². The van der Waals surface area contributed by atoms with Crippen LogP contribution in [0.1, 0.15) is 13.8 Å². The number of nitrogens with zero attached hydrogens (tertiary/aromatic N) is 1. The summed E-state index contributed by atoms with van der Waals surface area (Å²) >= 11 is 0. The summed E-state index contributed by atoms with van der Waals surface area (Å²) in [6.45, 7) is 4.61. The summed E-state index contributed by atoms with van der Waals surface area (Å²) in [5, 5.41) is 1.71. The first kappa shape index (κ1) is 14.5. The first-order valence-electron chi connectivity index (χ1n) is 7.12. The van der Waals surface area contributed by atoms with E-state index in [0.29, 0.717) is 18.0 Å². The predicted octanol–water partition coefficient (Wildman–Crippen LogP) is 2.64. The zero-order chi connectivity index (χ0) is 15.0. The molecule has 0 saturated carbocycles. The Morgan fingerprint density at radius 3 is 2.33 bits per heavy atom. The molecule has 2 aromatic rings. The molecule has 1 aliphatic heterocycles. The number of rotatable bonds is 2. The third-order valence-corrected chi connectivity index (χ3v) is 5.64. The number of hydrogen-bond donors (Lipinski definition) is 0. The molecule has 21 heavy (non-hydrogen) atoms. The number of sulfonamides is 1. The van der Waals surface area contributed by atoms with E-state index < -0.39 is 10.0 Å². The highest BCUT2D eigenvalue weighted by molar-refractivity contribution is 7.89. The van der Waals surface area contributed by atoms with E-state index in [4.69, 9.17) is 4.74 Å². The summed E-state index contributed by atoms with van der Waals surface area (Å²) in [6.07, 6.45) is -0.169. The number of benzene rings is 2. The molecule has 0 bridgehead atoms. The Balaban J connectivity index is 2.08. The average molecular weight is 305 g/mol. The molecule has 0 spiro atoms. The highest BCUT2D eigenvalue weighted by Crippen LogP contribution is 2.27. The molecular formula is C16H19NO3S. The van der Waals surface area contributed by atoms with Crippen molar-refractivity contribution in [3.8, 4) is 0 Å². The lowest BCUT2D eigenvalue weighted by molar-refractivity contribution is -0.0440. The van der Waals surface area contributed by atoms with Gasteiger partial charge in [-0.15, -0.1) is 0 Å². The molecule has 0 amide bonds. The minimum atomic E-state index is -3.50. The minimum absolute atomic E-state index is 0.0847. The fourth-order valence-corrected chi connectivity index (χ4v) is 4.69. The highest BCUT2D eigenvalue weighted by atomic mass is 32.2.